The lowest BCUT2D eigenvalue weighted by molar-refractivity contribution is 0.0908. The van der Waals surface area contributed by atoms with Crippen molar-refractivity contribution in [2.24, 2.45) is 0 Å². The number of methoxy groups -OCH3 is 1. The van der Waals surface area contributed by atoms with Gasteiger partial charge in [-0.25, -0.2) is 0 Å². The average molecular weight is 275 g/mol. The van der Waals surface area contributed by atoms with Crippen LogP contribution in [0.15, 0.2) is 24.3 Å². The summed E-state index contributed by atoms with van der Waals surface area (Å²) in [4.78, 5) is 14.7. The summed E-state index contributed by atoms with van der Waals surface area (Å²) >= 11 is 0. The van der Waals surface area contributed by atoms with Crippen LogP contribution in [0.5, 0.6) is 5.75 Å². The molecule has 0 saturated carbocycles. The largest absolute Gasteiger partial charge is 0.496 e. The van der Waals surface area contributed by atoms with Crippen molar-refractivity contribution in [3.05, 3.63) is 36.8 Å². The molecule has 4 heteroatoms. The summed E-state index contributed by atoms with van der Waals surface area (Å²) in [6.45, 7) is 7.00. The maximum atomic E-state index is 12.3. The number of amides is 1. The summed E-state index contributed by atoms with van der Waals surface area (Å²) < 4.78 is 5.23. The summed E-state index contributed by atoms with van der Waals surface area (Å²) in [5.74, 6) is 0.581. The fourth-order valence-electron chi connectivity index (χ4n) is 2.62. The third kappa shape index (κ3) is 3.73. The number of benzene rings is 1. The molecule has 0 unspecified atom stereocenters. The molecular weight excluding hydrogens is 252 g/mol. The van der Waals surface area contributed by atoms with E-state index in [1.807, 2.05) is 18.2 Å². The molecule has 1 N–H and O–H groups in total. The predicted octanol–water partition coefficient (Wildman–Crippen LogP) is 2.11. The topological polar surface area (TPSA) is 41.6 Å². The van der Waals surface area contributed by atoms with Crippen molar-refractivity contribution in [1.82, 2.24) is 10.2 Å². The van der Waals surface area contributed by atoms with E-state index in [9.17, 15) is 4.79 Å². The Morgan fingerprint density at radius 3 is 2.75 bits per heavy atom. The van der Waals surface area contributed by atoms with Gasteiger partial charge >= 0.3 is 0 Å². The fraction of sp³-hybridized carbons (Fsp3) is 0.500. The zero-order valence-electron chi connectivity index (χ0n) is 12.1. The van der Waals surface area contributed by atoms with Crippen molar-refractivity contribution < 1.29 is 9.53 Å². The monoisotopic (exact) mass is 275 g/mol. The predicted molar refractivity (Wildman–Crippen MR) is 79.9 cm³/mol. The Morgan fingerprint density at radius 2 is 2.10 bits per heavy atom. The second-order valence-electron chi connectivity index (χ2n) is 5.14. The second kappa shape index (κ2) is 7.29. The number of carbonyl (C=O) groups is 1. The Hall–Kier alpha value is -1.55. The minimum Gasteiger partial charge on any atom is -0.496 e. The molecule has 1 radical (unpaired) electrons. The molecule has 20 heavy (non-hydrogen) atoms. The van der Waals surface area contributed by atoms with Crippen molar-refractivity contribution in [3.8, 4) is 5.75 Å². The van der Waals surface area contributed by atoms with E-state index in [1.165, 1.54) is 0 Å². The minimum atomic E-state index is -0.0435. The summed E-state index contributed by atoms with van der Waals surface area (Å²) in [7, 11) is 1.59. The van der Waals surface area contributed by atoms with E-state index in [-0.39, 0.29) is 11.9 Å². The molecule has 109 valence electrons. The number of carbonyl (C=O) groups excluding carboxylic acids is 1. The van der Waals surface area contributed by atoms with Crippen molar-refractivity contribution in [3.63, 3.8) is 0 Å². The molecule has 0 aliphatic carbocycles. The molecule has 1 heterocycles. The first-order valence-electron chi connectivity index (χ1n) is 7.20. The SMILES string of the molecule is [CH2]CCN1CCC(NC(=O)c2ccccc2OC)CC1. The van der Waals surface area contributed by atoms with Crippen molar-refractivity contribution in [1.29, 1.82) is 0 Å². The van der Waals surface area contributed by atoms with Crippen LogP contribution in [-0.4, -0.2) is 43.6 Å². The highest BCUT2D eigenvalue weighted by atomic mass is 16.5. The van der Waals surface area contributed by atoms with Gasteiger partial charge in [0.15, 0.2) is 0 Å². The van der Waals surface area contributed by atoms with Gasteiger partial charge in [-0.15, -0.1) is 0 Å². The van der Waals surface area contributed by atoms with Crippen molar-refractivity contribution in [2.45, 2.75) is 25.3 Å². The van der Waals surface area contributed by atoms with E-state index in [0.717, 1.165) is 38.9 Å². The van der Waals surface area contributed by atoms with Gasteiger partial charge in [0.1, 0.15) is 5.75 Å². The summed E-state index contributed by atoms with van der Waals surface area (Å²) in [6, 6.07) is 7.59. The highest BCUT2D eigenvalue weighted by Gasteiger charge is 2.21. The van der Waals surface area contributed by atoms with Gasteiger partial charge in [-0.3, -0.25) is 4.79 Å². The van der Waals surface area contributed by atoms with E-state index < -0.39 is 0 Å². The number of likely N-dealkylation sites (tertiary alicyclic amines) is 1. The average Bonchev–Trinajstić information content (AvgIpc) is 2.49. The Balaban J connectivity index is 1.89. The summed E-state index contributed by atoms with van der Waals surface area (Å²) in [6.07, 6.45) is 2.94. The minimum absolute atomic E-state index is 0.0435. The molecule has 0 spiro atoms. The lowest BCUT2D eigenvalue weighted by atomic mass is 10.0. The fourth-order valence-corrected chi connectivity index (χ4v) is 2.62. The maximum absolute atomic E-state index is 12.3. The summed E-state index contributed by atoms with van der Waals surface area (Å²) in [5, 5.41) is 3.11. The van der Waals surface area contributed by atoms with Gasteiger partial charge in [0.25, 0.3) is 5.91 Å². The molecular formula is C16H23N2O2. The third-order valence-electron chi connectivity index (χ3n) is 3.75. The van der Waals surface area contributed by atoms with Crippen LogP contribution in [-0.2, 0) is 0 Å². The van der Waals surface area contributed by atoms with Crippen molar-refractivity contribution >= 4 is 5.91 Å². The highest BCUT2D eigenvalue weighted by Crippen LogP contribution is 2.18. The normalized spacial score (nSPS) is 16.9. The zero-order chi connectivity index (χ0) is 14.4. The quantitative estimate of drug-likeness (QED) is 0.895. The molecule has 0 bridgehead atoms. The van der Waals surface area contributed by atoms with Crippen LogP contribution in [0.3, 0.4) is 0 Å². The first kappa shape index (κ1) is 14.9. The van der Waals surface area contributed by atoms with E-state index in [0.29, 0.717) is 11.3 Å². The third-order valence-corrected chi connectivity index (χ3v) is 3.75. The number of hydrogen-bond acceptors (Lipinski definition) is 3. The van der Waals surface area contributed by atoms with E-state index >= 15 is 0 Å². The molecule has 1 aliphatic rings. The van der Waals surface area contributed by atoms with E-state index in [1.54, 1.807) is 13.2 Å². The number of nitrogens with one attached hydrogen (secondary N) is 1. The van der Waals surface area contributed by atoms with Gasteiger partial charge in [0, 0.05) is 19.1 Å². The van der Waals surface area contributed by atoms with Crippen LogP contribution < -0.4 is 10.1 Å². The van der Waals surface area contributed by atoms with Crippen LogP contribution in [0.1, 0.15) is 29.6 Å². The molecule has 1 aromatic rings. The second-order valence-corrected chi connectivity index (χ2v) is 5.14. The molecule has 1 amide bonds. The molecule has 0 aromatic heterocycles. The van der Waals surface area contributed by atoms with Gasteiger partial charge in [-0.2, -0.15) is 0 Å². The van der Waals surface area contributed by atoms with Gasteiger partial charge in [0.05, 0.1) is 12.7 Å². The standard InChI is InChI=1S/C16H23N2O2/c1-3-10-18-11-8-13(9-12-18)17-16(19)14-6-4-5-7-15(14)20-2/h4-7,13H,1,3,8-12H2,2H3,(H,17,19). The first-order valence-corrected chi connectivity index (χ1v) is 7.20. The molecule has 0 atom stereocenters. The molecule has 1 aromatic carbocycles. The van der Waals surface area contributed by atoms with Crippen LogP contribution >= 0.6 is 0 Å². The first-order chi connectivity index (χ1) is 9.74. The van der Waals surface area contributed by atoms with Crippen LogP contribution in [0, 0.1) is 6.92 Å². The van der Waals surface area contributed by atoms with Gasteiger partial charge in [-0.05, 0) is 37.9 Å². The van der Waals surface area contributed by atoms with Crippen molar-refractivity contribution in [2.75, 3.05) is 26.7 Å². The zero-order valence-corrected chi connectivity index (χ0v) is 12.1. The number of hydrogen-bond donors (Lipinski definition) is 1. The molecule has 1 fully saturated rings. The lowest BCUT2D eigenvalue weighted by Crippen LogP contribution is -2.44. The maximum Gasteiger partial charge on any atom is 0.255 e. The van der Waals surface area contributed by atoms with Gasteiger partial charge < -0.3 is 15.0 Å². The van der Waals surface area contributed by atoms with Crippen LogP contribution in [0.4, 0.5) is 0 Å². The van der Waals surface area contributed by atoms with Crippen LogP contribution in [0.2, 0.25) is 0 Å². The molecule has 1 saturated heterocycles. The van der Waals surface area contributed by atoms with E-state index in [4.69, 9.17) is 4.74 Å². The number of ether oxygens (including phenoxy) is 1. The Morgan fingerprint density at radius 1 is 1.40 bits per heavy atom. The number of nitrogens with zero attached hydrogens (tertiary/aromatic N) is 1. The molecule has 1 aliphatic heterocycles. The van der Waals surface area contributed by atoms with Crippen LogP contribution in [0.25, 0.3) is 0 Å². The Bertz CT molecular complexity index is 440. The smallest absolute Gasteiger partial charge is 0.255 e. The van der Waals surface area contributed by atoms with Gasteiger partial charge in [0.2, 0.25) is 0 Å². The highest BCUT2D eigenvalue weighted by molar-refractivity contribution is 5.97. The van der Waals surface area contributed by atoms with Gasteiger partial charge in [-0.1, -0.05) is 19.1 Å². The number of para-hydroxylation sites is 1. The lowest BCUT2D eigenvalue weighted by Gasteiger charge is -2.32. The number of rotatable bonds is 5. The molecule has 4 nitrogen and oxygen atoms in total. The Kier molecular flexibility index (Phi) is 5.41. The number of piperidine rings is 1. The summed E-state index contributed by atoms with van der Waals surface area (Å²) in [5.41, 5.74) is 0.607. The van der Waals surface area contributed by atoms with E-state index in [2.05, 4.69) is 17.1 Å². The molecule has 2 rings (SSSR count). The Labute approximate surface area is 121 Å².